The van der Waals surface area contributed by atoms with Gasteiger partial charge in [0.15, 0.2) is 16.3 Å². The van der Waals surface area contributed by atoms with Gasteiger partial charge in [0.05, 0.1) is 16.7 Å². The maximum atomic E-state index is 13.2. The number of fused-ring (bicyclic) bond motifs is 3. The van der Waals surface area contributed by atoms with Crippen molar-refractivity contribution in [2.24, 2.45) is 4.99 Å². The lowest BCUT2D eigenvalue weighted by molar-refractivity contribution is 0.0700. The lowest BCUT2D eigenvalue weighted by atomic mass is 9.94. The molecule has 0 unspecified atom stereocenters. The van der Waals surface area contributed by atoms with Gasteiger partial charge in [-0.05, 0) is 44.2 Å². The number of imidazole rings is 1. The number of rotatable bonds is 3. The first-order chi connectivity index (χ1) is 14.5. The van der Waals surface area contributed by atoms with E-state index in [0.29, 0.717) is 11.2 Å². The Bertz CT molecular complexity index is 1170. The van der Waals surface area contributed by atoms with Gasteiger partial charge in [-0.1, -0.05) is 42.4 Å². The maximum Gasteiger partial charge on any atom is 0.265 e. The molecular formula is C21H24N6OS2. The van der Waals surface area contributed by atoms with Crippen LogP contribution in [0.2, 0.25) is 0 Å². The number of hydrogen-bond donors (Lipinski definition) is 1. The highest BCUT2D eigenvalue weighted by Crippen LogP contribution is 2.32. The van der Waals surface area contributed by atoms with Gasteiger partial charge in [0.25, 0.3) is 5.91 Å². The van der Waals surface area contributed by atoms with Crippen LogP contribution in [0.3, 0.4) is 0 Å². The first-order valence-corrected chi connectivity index (χ1v) is 12.0. The van der Waals surface area contributed by atoms with E-state index in [-0.39, 0.29) is 5.91 Å². The first kappa shape index (κ1) is 20.7. The van der Waals surface area contributed by atoms with E-state index >= 15 is 0 Å². The molecule has 3 aromatic rings. The third-order valence-corrected chi connectivity index (χ3v) is 7.40. The maximum absolute atomic E-state index is 13.2. The number of benzene rings is 1. The number of carbonyl (C=O) groups is 1. The van der Waals surface area contributed by atoms with Crippen LogP contribution >= 0.6 is 23.1 Å². The minimum absolute atomic E-state index is 0.0834. The van der Waals surface area contributed by atoms with E-state index < -0.39 is 0 Å². The van der Waals surface area contributed by atoms with Gasteiger partial charge in [-0.15, -0.1) is 0 Å². The molecule has 4 rings (SSSR count). The van der Waals surface area contributed by atoms with Gasteiger partial charge in [0.2, 0.25) is 0 Å². The second kappa shape index (κ2) is 8.66. The molecule has 156 valence electrons. The molecule has 1 fully saturated rings. The van der Waals surface area contributed by atoms with E-state index in [1.54, 1.807) is 0 Å². The molecule has 1 aliphatic carbocycles. The molecule has 0 aliphatic heterocycles. The number of thiazole rings is 1. The molecule has 0 bridgehead atoms. The van der Waals surface area contributed by atoms with Gasteiger partial charge in [-0.25, -0.2) is 9.98 Å². The van der Waals surface area contributed by atoms with Crippen LogP contribution in [0.1, 0.15) is 47.5 Å². The predicted octanol–water partition coefficient (Wildman–Crippen LogP) is 4.68. The number of amides is 1. The number of nitrogens with zero attached hydrogens (tertiary/aromatic N) is 5. The third kappa shape index (κ3) is 3.77. The molecular weight excluding hydrogens is 416 g/mol. The van der Waals surface area contributed by atoms with Crippen molar-refractivity contribution in [1.82, 2.24) is 19.6 Å². The molecule has 0 atom stereocenters. The lowest BCUT2D eigenvalue weighted by Gasteiger charge is -2.31. The number of carbonyl (C=O) groups excluding carboxylic acids is 1. The van der Waals surface area contributed by atoms with E-state index in [0.717, 1.165) is 45.1 Å². The standard InChI is InChI=1S/C21H24N6OS2/c1-13-18(19(28)26(2)15-7-5-4-6-8-15)30-21-25-16-10-9-14(11-17(16)27(13)21)24-20(29-3)23-12-22/h9-11,15H,4-8H2,1-3H3,(H,23,24). The number of nitrogens with one attached hydrogen (secondary N) is 1. The highest BCUT2D eigenvalue weighted by Gasteiger charge is 2.27. The molecule has 2 heterocycles. The summed E-state index contributed by atoms with van der Waals surface area (Å²) in [4.78, 5) is 25.9. The third-order valence-electron chi connectivity index (χ3n) is 5.69. The van der Waals surface area contributed by atoms with Crippen LogP contribution in [0.4, 0.5) is 5.69 Å². The fourth-order valence-corrected chi connectivity index (χ4v) is 5.52. The van der Waals surface area contributed by atoms with Crippen LogP contribution in [-0.4, -0.2) is 44.7 Å². The Labute approximate surface area is 183 Å². The van der Waals surface area contributed by atoms with Crippen molar-refractivity contribution < 1.29 is 4.79 Å². The van der Waals surface area contributed by atoms with Crippen molar-refractivity contribution in [2.75, 3.05) is 13.3 Å². The number of aliphatic imine (C=N–C) groups is 1. The van der Waals surface area contributed by atoms with E-state index in [4.69, 9.17) is 10.2 Å². The Morgan fingerprint density at radius 2 is 2.17 bits per heavy atom. The van der Waals surface area contributed by atoms with Crippen molar-refractivity contribution in [3.05, 3.63) is 28.8 Å². The van der Waals surface area contributed by atoms with E-state index in [1.165, 1.54) is 42.4 Å². The van der Waals surface area contributed by atoms with Crippen LogP contribution in [-0.2, 0) is 0 Å². The van der Waals surface area contributed by atoms with E-state index in [9.17, 15) is 4.79 Å². The molecule has 1 amide bonds. The Kier molecular flexibility index (Phi) is 5.97. The SMILES string of the molecule is CSC(=Nc1ccc2nc3sc(C(=O)N(C)C4CCCCC4)c(C)n3c2c1)NC#N. The number of thioether (sulfide) groups is 1. The van der Waals surface area contributed by atoms with Crippen molar-refractivity contribution in [3.8, 4) is 6.19 Å². The monoisotopic (exact) mass is 440 g/mol. The molecule has 1 saturated carbocycles. The van der Waals surface area contributed by atoms with Crippen molar-refractivity contribution in [3.63, 3.8) is 0 Å². The lowest BCUT2D eigenvalue weighted by Crippen LogP contribution is -2.38. The summed E-state index contributed by atoms with van der Waals surface area (Å²) in [5, 5.41) is 12.0. The number of nitriles is 1. The molecule has 0 saturated heterocycles. The summed E-state index contributed by atoms with van der Waals surface area (Å²) < 4.78 is 2.04. The summed E-state index contributed by atoms with van der Waals surface area (Å²) in [7, 11) is 1.93. The topological polar surface area (TPSA) is 85.8 Å². The van der Waals surface area contributed by atoms with Crippen molar-refractivity contribution >= 4 is 55.9 Å². The smallest absolute Gasteiger partial charge is 0.265 e. The Hall–Kier alpha value is -2.57. The molecule has 9 heteroatoms. The van der Waals surface area contributed by atoms with Crippen LogP contribution in [0.5, 0.6) is 0 Å². The zero-order valence-corrected chi connectivity index (χ0v) is 18.9. The summed E-state index contributed by atoms with van der Waals surface area (Å²) >= 11 is 2.82. The fourth-order valence-electron chi connectivity index (χ4n) is 4.05. The summed E-state index contributed by atoms with van der Waals surface area (Å²) in [5.41, 5.74) is 3.42. The highest BCUT2D eigenvalue weighted by molar-refractivity contribution is 8.13. The number of hydrogen-bond acceptors (Lipinski definition) is 6. The van der Waals surface area contributed by atoms with Gasteiger partial charge in [0.1, 0.15) is 4.88 Å². The Morgan fingerprint density at radius 1 is 1.40 bits per heavy atom. The summed E-state index contributed by atoms with van der Waals surface area (Å²) in [6.07, 6.45) is 9.60. The number of aryl methyl sites for hydroxylation is 1. The van der Waals surface area contributed by atoms with Crippen molar-refractivity contribution in [2.45, 2.75) is 45.1 Å². The van der Waals surface area contributed by atoms with Gasteiger partial charge >= 0.3 is 0 Å². The van der Waals surface area contributed by atoms with Crippen LogP contribution in [0, 0.1) is 18.4 Å². The molecule has 2 aromatic heterocycles. The minimum Gasteiger partial charge on any atom is -0.338 e. The molecule has 0 radical (unpaired) electrons. The average molecular weight is 441 g/mol. The summed E-state index contributed by atoms with van der Waals surface area (Å²) in [5.74, 6) is 0.0834. The molecule has 1 N–H and O–H groups in total. The molecule has 1 aliphatic rings. The Balaban J connectivity index is 1.72. The van der Waals surface area contributed by atoms with Gasteiger partial charge < -0.3 is 4.90 Å². The van der Waals surface area contributed by atoms with Crippen LogP contribution in [0.25, 0.3) is 16.0 Å². The number of amidine groups is 1. The molecule has 0 spiro atoms. The zero-order valence-electron chi connectivity index (χ0n) is 17.3. The summed E-state index contributed by atoms with van der Waals surface area (Å²) in [6, 6.07) is 6.08. The molecule has 1 aromatic carbocycles. The van der Waals surface area contributed by atoms with E-state index in [2.05, 4.69) is 10.3 Å². The highest BCUT2D eigenvalue weighted by atomic mass is 32.2. The normalized spacial score (nSPS) is 15.5. The van der Waals surface area contributed by atoms with Gasteiger partial charge in [0, 0.05) is 18.8 Å². The second-order valence-electron chi connectivity index (χ2n) is 7.49. The largest absolute Gasteiger partial charge is 0.338 e. The predicted molar refractivity (Wildman–Crippen MR) is 124 cm³/mol. The van der Waals surface area contributed by atoms with Crippen LogP contribution < -0.4 is 5.32 Å². The quantitative estimate of drug-likeness (QED) is 0.276. The number of aromatic nitrogens is 2. The first-order valence-electron chi connectivity index (χ1n) is 10.00. The average Bonchev–Trinajstić information content (AvgIpc) is 3.29. The molecule has 7 nitrogen and oxygen atoms in total. The van der Waals surface area contributed by atoms with Gasteiger partial charge in [-0.3, -0.25) is 14.5 Å². The van der Waals surface area contributed by atoms with Crippen LogP contribution in [0.15, 0.2) is 23.2 Å². The van der Waals surface area contributed by atoms with Crippen molar-refractivity contribution in [1.29, 1.82) is 5.26 Å². The van der Waals surface area contributed by atoms with E-state index in [1.807, 2.05) is 53.9 Å². The Morgan fingerprint density at radius 3 is 2.87 bits per heavy atom. The second-order valence-corrected chi connectivity index (χ2v) is 9.26. The fraction of sp³-hybridized carbons (Fsp3) is 0.429. The molecule has 30 heavy (non-hydrogen) atoms. The zero-order chi connectivity index (χ0) is 21.3. The summed E-state index contributed by atoms with van der Waals surface area (Å²) in [6.45, 7) is 1.98. The van der Waals surface area contributed by atoms with Gasteiger partial charge in [-0.2, -0.15) is 5.26 Å². The minimum atomic E-state index is 0.0834.